The number of rotatable bonds is 6. The lowest BCUT2D eigenvalue weighted by molar-refractivity contribution is -0.00801. The summed E-state index contributed by atoms with van der Waals surface area (Å²) < 4.78 is 0. The summed E-state index contributed by atoms with van der Waals surface area (Å²) in [6.07, 6.45) is 11.3. The highest BCUT2D eigenvalue weighted by molar-refractivity contribution is 7.99. The standard InChI is InChI=1S/C20H28N2S3/c1-12-10-16(24-4)18(19(21-12)25-5)22-17(23)9-7-13-6-8-14-11-15(13)20(14,2)3/h6,10,14-15H,7-9,11H2,1-5H3,(H,22,23). The van der Waals surface area contributed by atoms with Gasteiger partial charge in [0.25, 0.3) is 0 Å². The number of aromatic nitrogens is 1. The third-order valence-electron chi connectivity index (χ3n) is 5.98. The Labute approximate surface area is 166 Å². The third kappa shape index (κ3) is 3.79. The van der Waals surface area contributed by atoms with Crippen LogP contribution in [0.15, 0.2) is 27.6 Å². The Morgan fingerprint density at radius 3 is 2.72 bits per heavy atom. The first-order chi connectivity index (χ1) is 11.9. The molecule has 0 spiro atoms. The number of hydrogen-bond acceptors (Lipinski definition) is 4. The van der Waals surface area contributed by atoms with Crippen molar-refractivity contribution in [2.24, 2.45) is 17.3 Å². The Morgan fingerprint density at radius 2 is 2.12 bits per heavy atom. The van der Waals surface area contributed by atoms with E-state index in [0.29, 0.717) is 5.41 Å². The monoisotopic (exact) mass is 392 g/mol. The number of thioether (sulfide) groups is 2. The van der Waals surface area contributed by atoms with E-state index in [9.17, 15) is 0 Å². The van der Waals surface area contributed by atoms with Crippen LogP contribution < -0.4 is 5.32 Å². The van der Waals surface area contributed by atoms with Gasteiger partial charge in [-0.2, -0.15) is 0 Å². The molecule has 2 atom stereocenters. The highest BCUT2D eigenvalue weighted by Gasteiger charge is 2.50. The number of nitrogens with zero attached hydrogens (tertiary/aromatic N) is 1. The molecule has 0 radical (unpaired) electrons. The van der Waals surface area contributed by atoms with Crippen LogP contribution in [-0.4, -0.2) is 22.5 Å². The molecule has 25 heavy (non-hydrogen) atoms. The molecule has 1 N–H and O–H groups in total. The molecular formula is C20H28N2S3. The van der Waals surface area contributed by atoms with Crippen LogP contribution in [0.25, 0.3) is 0 Å². The predicted molar refractivity (Wildman–Crippen MR) is 116 cm³/mol. The van der Waals surface area contributed by atoms with Gasteiger partial charge in [0, 0.05) is 17.0 Å². The molecule has 1 fully saturated rings. The van der Waals surface area contributed by atoms with Gasteiger partial charge in [0.15, 0.2) is 0 Å². The third-order valence-corrected chi connectivity index (χ3v) is 7.73. The molecule has 1 aromatic rings. The number of aryl methyl sites for hydroxylation is 1. The first-order valence-corrected chi connectivity index (χ1v) is 11.8. The molecule has 136 valence electrons. The minimum atomic E-state index is 0.498. The second-order valence-electron chi connectivity index (χ2n) is 7.72. The molecule has 0 aromatic carbocycles. The van der Waals surface area contributed by atoms with E-state index in [2.05, 4.69) is 48.8 Å². The molecule has 0 amide bonds. The number of allylic oxidation sites excluding steroid dienone is 2. The topological polar surface area (TPSA) is 24.9 Å². The first-order valence-electron chi connectivity index (χ1n) is 8.95. The van der Waals surface area contributed by atoms with E-state index < -0.39 is 0 Å². The quantitative estimate of drug-likeness (QED) is 0.346. The van der Waals surface area contributed by atoms with Crippen LogP contribution in [0.3, 0.4) is 0 Å². The van der Waals surface area contributed by atoms with Crippen molar-refractivity contribution in [2.75, 3.05) is 17.8 Å². The lowest BCUT2D eigenvalue weighted by atomic mass is 9.48. The van der Waals surface area contributed by atoms with Crippen LogP contribution in [0.5, 0.6) is 0 Å². The number of anilines is 1. The smallest absolute Gasteiger partial charge is 0.121 e. The molecule has 1 saturated carbocycles. The van der Waals surface area contributed by atoms with Gasteiger partial charge in [-0.3, -0.25) is 0 Å². The molecule has 2 bridgehead atoms. The van der Waals surface area contributed by atoms with Crippen molar-refractivity contribution < 1.29 is 0 Å². The van der Waals surface area contributed by atoms with Gasteiger partial charge in [-0.25, -0.2) is 4.98 Å². The second kappa shape index (κ2) is 7.61. The van der Waals surface area contributed by atoms with E-state index in [1.807, 2.05) is 6.92 Å². The van der Waals surface area contributed by atoms with Crippen LogP contribution >= 0.6 is 35.7 Å². The SMILES string of the molecule is CSc1cc(C)nc(SC)c1NC(=S)CCC1=CCC2CC1C2(C)C. The fourth-order valence-corrected chi connectivity index (χ4v) is 5.77. The summed E-state index contributed by atoms with van der Waals surface area (Å²) in [6, 6.07) is 2.13. The summed E-state index contributed by atoms with van der Waals surface area (Å²) in [5.41, 5.74) is 4.27. The van der Waals surface area contributed by atoms with E-state index in [1.54, 1.807) is 29.1 Å². The molecule has 5 heteroatoms. The van der Waals surface area contributed by atoms with Crippen LogP contribution in [0, 0.1) is 24.2 Å². The Morgan fingerprint density at radius 1 is 1.36 bits per heavy atom. The van der Waals surface area contributed by atoms with Crippen molar-refractivity contribution in [1.29, 1.82) is 0 Å². The Kier molecular flexibility index (Phi) is 5.86. The van der Waals surface area contributed by atoms with Crippen molar-refractivity contribution in [1.82, 2.24) is 4.98 Å². The molecular weight excluding hydrogens is 364 g/mol. The number of hydrogen-bond donors (Lipinski definition) is 1. The number of fused-ring (bicyclic) bond motifs is 1. The minimum Gasteiger partial charge on any atom is -0.347 e. The highest BCUT2D eigenvalue weighted by atomic mass is 32.2. The summed E-state index contributed by atoms with van der Waals surface area (Å²) in [4.78, 5) is 6.81. The van der Waals surface area contributed by atoms with Crippen molar-refractivity contribution in [2.45, 2.75) is 56.4 Å². The average molecular weight is 393 g/mol. The van der Waals surface area contributed by atoms with Crippen LogP contribution in [0.4, 0.5) is 5.69 Å². The molecule has 0 aliphatic heterocycles. The summed E-state index contributed by atoms with van der Waals surface area (Å²) in [5.74, 6) is 1.68. The highest BCUT2D eigenvalue weighted by Crippen LogP contribution is 2.59. The number of thiocarbonyl (C=S) groups is 1. The van der Waals surface area contributed by atoms with Gasteiger partial charge in [0.2, 0.25) is 0 Å². The van der Waals surface area contributed by atoms with Crippen LogP contribution in [0.2, 0.25) is 0 Å². The number of pyridine rings is 1. The summed E-state index contributed by atoms with van der Waals surface area (Å²) in [7, 11) is 0. The van der Waals surface area contributed by atoms with Crippen molar-refractivity contribution in [3.8, 4) is 0 Å². The van der Waals surface area contributed by atoms with Gasteiger partial charge in [-0.1, -0.05) is 37.7 Å². The molecule has 3 aliphatic carbocycles. The minimum absolute atomic E-state index is 0.498. The van der Waals surface area contributed by atoms with Gasteiger partial charge in [-0.05, 0) is 62.0 Å². The predicted octanol–water partition coefficient (Wildman–Crippen LogP) is 6.35. The summed E-state index contributed by atoms with van der Waals surface area (Å²) >= 11 is 9.10. The van der Waals surface area contributed by atoms with Gasteiger partial charge >= 0.3 is 0 Å². The molecule has 2 nitrogen and oxygen atoms in total. The molecule has 1 aromatic heterocycles. The Bertz CT molecular complexity index is 684. The number of nitrogens with one attached hydrogen (secondary N) is 1. The zero-order valence-electron chi connectivity index (χ0n) is 15.8. The van der Waals surface area contributed by atoms with Gasteiger partial charge in [-0.15, -0.1) is 23.5 Å². The maximum atomic E-state index is 5.68. The second-order valence-corrected chi connectivity index (χ2v) is 9.86. The van der Waals surface area contributed by atoms with Crippen molar-refractivity contribution in [3.05, 3.63) is 23.4 Å². The molecule has 0 saturated heterocycles. The zero-order chi connectivity index (χ0) is 18.2. The maximum Gasteiger partial charge on any atom is 0.121 e. The zero-order valence-corrected chi connectivity index (χ0v) is 18.3. The molecule has 4 rings (SSSR count). The summed E-state index contributed by atoms with van der Waals surface area (Å²) in [5, 5.41) is 4.53. The first kappa shape index (κ1) is 19.2. The lowest BCUT2D eigenvalue weighted by Crippen LogP contribution is -2.48. The van der Waals surface area contributed by atoms with Gasteiger partial charge in [0.1, 0.15) is 5.03 Å². The van der Waals surface area contributed by atoms with Crippen molar-refractivity contribution in [3.63, 3.8) is 0 Å². The largest absolute Gasteiger partial charge is 0.347 e. The molecule has 1 heterocycles. The lowest BCUT2D eigenvalue weighted by Gasteiger charge is -2.56. The average Bonchev–Trinajstić information content (AvgIpc) is 2.60. The van der Waals surface area contributed by atoms with E-state index in [0.717, 1.165) is 46.1 Å². The fourth-order valence-electron chi connectivity index (χ4n) is 4.26. The Balaban J connectivity index is 1.65. The van der Waals surface area contributed by atoms with Crippen molar-refractivity contribution >= 4 is 46.4 Å². The van der Waals surface area contributed by atoms with E-state index in [1.165, 1.54) is 17.7 Å². The molecule has 3 aliphatic rings. The summed E-state index contributed by atoms with van der Waals surface area (Å²) in [6.45, 7) is 6.91. The van der Waals surface area contributed by atoms with Crippen LogP contribution in [0.1, 0.15) is 45.2 Å². The maximum absolute atomic E-state index is 5.68. The van der Waals surface area contributed by atoms with Gasteiger partial charge in [0.05, 0.1) is 10.7 Å². The van der Waals surface area contributed by atoms with E-state index in [-0.39, 0.29) is 0 Å². The van der Waals surface area contributed by atoms with Gasteiger partial charge < -0.3 is 5.32 Å². The molecule has 2 unspecified atom stereocenters. The van der Waals surface area contributed by atoms with E-state index >= 15 is 0 Å². The van der Waals surface area contributed by atoms with E-state index in [4.69, 9.17) is 12.2 Å². The van der Waals surface area contributed by atoms with Crippen LogP contribution in [-0.2, 0) is 0 Å². The fraction of sp³-hybridized carbons (Fsp3) is 0.600. The Hall–Kier alpha value is -0.520. The normalized spacial score (nSPS) is 23.6.